The molecule has 1 aromatic heterocycles. The molecule has 0 radical (unpaired) electrons. The summed E-state index contributed by atoms with van der Waals surface area (Å²) in [5, 5.41) is 8.00. The first-order valence-electron chi connectivity index (χ1n) is 8.99. The van der Waals surface area contributed by atoms with Crippen molar-refractivity contribution < 1.29 is 32.9 Å². The summed E-state index contributed by atoms with van der Waals surface area (Å²) in [5.41, 5.74) is 0.895. The van der Waals surface area contributed by atoms with Crippen LogP contribution in [0, 0.1) is 0 Å². The standard InChI is InChI=1S/C21H22N2O7/c1-12(19-22-23-20(30-19)13-6-8-14(25-2)9-7-13)29-21(24)15-10-17(27-4)18(28-5)11-16(15)26-3/h6-12H,1-5H3/t12-/m0/s1. The van der Waals surface area contributed by atoms with Gasteiger partial charge in [-0.2, -0.15) is 0 Å². The van der Waals surface area contributed by atoms with E-state index in [4.69, 9.17) is 28.1 Å². The van der Waals surface area contributed by atoms with Gasteiger partial charge in [0.15, 0.2) is 17.6 Å². The molecule has 0 aliphatic rings. The van der Waals surface area contributed by atoms with Gasteiger partial charge in [0.05, 0.1) is 28.4 Å². The zero-order valence-electron chi connectivity index (χ0n) is 17.3. The first kappa shape index (κ1) is 21.0. The molecule has 0 bridgehead atoms. The lowest BCUT2D eigenvalue weighted by Gasteiger charge is -2.15. The zero-order valence-corrected chi connectivity index (χ0v) is 17.3. The summed E-state index contributed by atoms with van der Waals surface area (Å²) in [7, 11) is 6.00. The molecular formula is C21H22N2O7. The molecule has 1 atom stereocenters. The number of rotatable bonds is 8. The average molecular weight is 414 g/mol. The third kappa shape index (κ3) is 4.29. The summed E-state index contributed by atoms with van der Waals surface area (Å²) in [6, 6.07) is 10.2. The molecular weight excluding hydrogens is 392 g/mol. The molecule has 30 heavy (non-hydrogen) atoms. The molecule has 0 spiro atoms. The third-order valence-electron chi connectivity index (χ3n) is 4.33. The van der Waals surface area contributed by atoms with E-state index in [2.05, 4.69) is 10.2 Å². The molecule has 0 saturated carbocycles. The van der Waals surface area contributed by atoms with Crippen LogP contribution in [0.4, 0.5) is 0 Å². The highest BCUT2D eigenvalue weighted by Crippen LogP contribution is 2.35. The molecule has 0 amide bonds. The Morgan fingerprint density at radius 3 is 2.10 bits per heavy atom. The molecule has 9 heteroatoms. The van der Waals surface area contributed by atoms with Gasteiger partial charge >= 0.3 is 5.97 Å². The second-order valence-electron chi connectivity index (χ2n) is 6.13. The van der Waals surface area contributed by atoms with Crippen LogP contribution in [-0.4, -0.2) is 44.6 Å². The molecule has 0 saturated heterocycles. The van der Waals surface area contributed by atoms with Crippen LogP contribution in [0.15, 0.2) is 40.8 Å². The number of benzene rings is 2. The van der Waals surface area contributed by atoms with Gasteiger partial charge in [0.1, 0.15) is 17.1 Å². The Morgan fingerprint density at radius 1 is 0.867 bits per heavy atom. The van der Waals surface area contributed by atoms with E-state index < -0.39 is 12.1 Å². The first-order chi connectivity index (χ1) is 14.5. The highest BCUT2D eigenvalue weighted by Gasteiger charge is 2.24. The van der Waals surface area contributed by atoms with E-state index in [1.807, 2.05) is 0 Å². The topological polar surface area (TPSA) is 102 Å². The molecule has 0 N–H and O–H groups in total. The van der Waals surface area contributed by atoms with Gasteiger partial charge in [0.25, 0.3) is 5.89 Å². The predicted molar refractivity (Wildman–Crippen MR) is 106 cm³/mol. The number of nitrogens with zero attached hydrogens (tertiary/aromatic N) is 2. The van der Waals surface area contributed by atoms with Gasteiger partial charge in [0.2, 0.25) is 5.89 Å². The lowest BCUT2D eigenvalue weighted by atomic mass is 10.1. The molecule has 3 rings (SSSR count). The van der Waals surface area contributed by atoms with Crippen LogP contribution in [-0.2, 0) is 4.74 Å². The van der Waals surface area contributed by atoms with E-state index >= 15 is 0 Å². The van der Waals surface area contributed by atoms with Gasteiger partial charge in [-0.3, -0.25) is 0 Å². The maximum atomic E-state index is 12.7. The minimum Gasteiger partial charge on any atom is -0.497 e. The Morgan fingerprint density at radius 2 is 1.50 bits per heavy atom. The Balaban J connectivity index is 1.78. The highest BCUT2D eigenvalue weighted by atomic mass is 16.6. The summed E-state index contributed by atoms with van der Waals surface area (Å²) >= 11 is 0. The Labute approximate surface area is 173 Å². The fourth-order valence-electron chi connectivity index (χ4n) is 2.71. The highest BCUT2D eigenvalue weighted by molar-refractivity contribution is 5.93. The monoisotopic (exact) mass is 414 g/mol. The lowest BCUT2D eigenvalue weighted by molar-refractivity contribution is 0.0276. The van der Waals surface area contributed by atoms with Crippen molar-refractivity contribution in [2.75, 3.05) is 28.4 Å². The molecule has 158 valence electrons. The van der Waals surface area contributed by atoms with E-state index in [9.17, 15) is 4.79 Å². The minimum atomic E-state index is -0.783. The largest absolute Gasteiger partial charge is 0.497 e. The van der Waals surface area contributed by atoms with Gasteiger partial charge < -0.3 is 28.1 Å². The number of hydrogen-bond acceptors (Lipinski definition) is 9. The predicted octanol–water partition coefficient (Wildman–Crippen LogP) is 3.69. The van der Waals surface area contributed by atoms with Crippen molar-refractivity contribution in [3.63, 3.8) is 0 Å². The van der Waals surface area contributed by atoms with Gasteiger partial charge in [-0.05, 0) is 31.2 Å². The Hall–Kier alpha value is -3.75. The SMILES string of the molecule is COc1ccc(-c2nnc([C@H](C)OC(=O)c3cc(OC)c(OC)cc3OC)o2)cc1. The van der Waals surface area contributed by atoms with Crippen molar-refractivity contribution in [1.82, 2.24) is 10.2 Å². The van der Waals surface area contributed by atoms with Crippen LogP contribution >= 0.6 is 0 Å². The number of ether oxygens (including phenoxy) is 5. The van der Waals surface area contributed by atoms with Gasteiger partial charge in [0, 0.05) is 17.7 Å². The third-order valence-corrected chi connectivity index (χ3v) is 4.33. The second-order valence-corrected chi connectivity index (χ2v) is 6.13. The van der Waals surface area contributed by atoms with Crippen LogP contribution in [0.3, 0.4) is 0 Å². The van der Waals surface area contributed by atoms with E-state index in [0.717, 1.165) is 5.56 Å². The smallest absolute Gasteiger partial charge is 0.342 e. The average Bonchev–Trinajstić information content (AvgIpc) is 3.28. The van der Waals surface area contributed by atoms with Crippen molar-refractivity contribution in [2.45, 2.75) is 13.0 Å². The summed E-state index contributed by atoms with van der Waals surface area (Å²) < 4.78 is 32.0. The van der Waals surface area contributed by atoms with E-state index in [1.165, 1.54) is 27.4 Å². The van der Waals surface area contributed by atoms with Gasteiger partial charge in [-0.15, -0.1) is 10.2 Å². The van der Waals surface area contributed by atoms with Crippen molar-refractivity contribution >= 4 is 5.97 Å². The molecule has 3 aromatic rings. The van der Waals surface area contributed by atoms with Crippen LogP contribution in [0.25, 0.3) is 11.5 Å². The van der Waals surface area contributed by atoms with Crippen LogP contribution in [0.2, 0.25) is 0 Å². The molecule has 0 aliphatic carbocycles. The second kappa shape index (κ2) is 9.17. The number of esters is 1. The first-order valence-corrected chi connectivity index (χ1v) is 8.99. The van der Waals surface area contributed by atoms with Crippen molar-refractivity contribution in [1.29, 1.82) is 0 Å². The molecule has 1 heterocycles. The van der Waals surface area contributed by atoms with Crippen LogP contribution < -0.4 is 18.9 Å². The number of aromatic nitrogens is 2. The summed E-state index contributed by atoms with van der Waals surface area (Å²) in [4.78, 5) is 12.7. The zero-order chi connectivity index (χ0) is 21.7. The van der Waals surface area contributed by atoms with Crippen LogP contribution in [0.1, 0.15) is 29.3 Å². The molecule has 0 aliphatic heterocycles. The van der Waals surface area contributed by atoms with E-state index in [0.29, 0.717) is 23.1 Å². The van der Waals surface area contributed by atoms with E-state index in [1.54, 1.807) is 44.4 Å². The number of methoxy groups -OCH3 is 4. The van der Waals surface area contributed by atoms with Crippen molar-refractivity contribution in [2.24, 2.45) is 0 Å². The molecule has 0 unspecified atom stereocenters. The fourth-order valence-corrected chi connectivity index (χ4v) is 2.71. The quantitative estimate of drug-likeness (QED) is 0.511. The summed E-state index contributed by atoms with van der Waals surface area (Å²) in [6.45, 7) is 1.64. The number of carbonyl (C=O) groups excluding carboxylic acids is 1. The number of carbonyl (C=O) groups is 1. The normalized spacial score (nSPS) is 11.5. The van der Waals surface area contributed by atoms with Gasteiger partial charge in [-0.25, -0.2) is 4.79 Å². The Bertz CT molecular complexity index is 1010. The van der Waals surface area contributed by atoms with Crippen molar-refractivity contribution in [3.05, 3.63) is 47.9 Å². The fraction of sp³-hybridized carbons (Fsp3) is 0.286. The molecule has 0 fully saturated rings. The van der Waals surface area contributed by atoms with Crippen molar-refractivity contribution in [3.8, 4) is 34.5 Å². The summed E-state index contributed by atoms with van der Waals surface area (Å²) in [5.74, 6) is 1.63. The summed E-state index contributed by atoms with van der Waals surface area (Å²) in [6.07, 6.45) is -0.783. The lowest BCUT2D eigenvalue weighted by Crippen LogP contribution is -2.11. The van der Waals surface area contributed by atoms with Crippen LogP contribution in [0.5, 0.6) is 23.0 Å². The number of hydrogen-bond donors (Lipinski definition) is 0. The maximum Gasteiger partial charge on any atom is 0.342 e. The Kier molecular flexibility index (Phi) is 6.41. The molecule has 9 nitrogen and oxygen atoms in total. The van der Waals surface area contributed by atoms with E-state index in [-0.39, 0.29) is 17.2 Å². The minimum absolute atomic E-state index is 0.161. The molecule has 2 aromatic carbocycles. The maximum absolute atomic E-state index is 12.7. The van der Waals surface area contributed by atoms with Gasteiger partial charge in [-0.1, -0.05) is 0 Å².